The molecule has 12 heteroatoms. The van der Waals surface area contributed by atoms with Crippen LogP contribution in [0.4, 0.5) is 11.4 Å². The van der Waals surface area contributed by atoms with Gasteiger partial charge in [0, 0.05) is 21.7 Å². The van der Waals surface area contributed by atoms with Crippen LogP contribution in [0.2, 0.25) is 10.0 Å². The third kappa shape index (κ3) is 6.25. The van der Waals surface area contributed by atoms with Crippen LogP contribution in [-0.4, -0.2) is 36.8 Å². The fourth-order valence-electron chi connectivity index (χ4n) is 4.12. The van der Waals surface area contributed by atoms with Crippen molar-refractivity contribution >= 4 is 64.1 Å². The minimum atomic E-state index is -0.529. The number of amides is 3. The van der Waals surface area contributed by atoms with Crippen LogP contribution >= 0.6 is 35.0 Å². The summed E-state index contributed by atoms with van der Waals surface area (Å²) in [7, 11) is 3.03. The predicted molar refractivity (Wildman–Crippen MR) is 161 cm³/mol. The Bertz CT molecular complexity index is 1710. The largest absolute Gasteiger partial charge is 0.497 e. The van der Waals surface area contributed by atoms with Gasteiger partial charge in [0.05, 0.1) is 43.3 Å². The number of furan rings is 1. The summed E-state index contributed by atoms with van der Waals surface area (Å²) in [6.07, 6.45) is 1.47. The number of nitrogens with one attached hydrogen (secondary N) is 2. The zero-order valence-corrected chi connectivity index (χ0v) is 24.6. The van der Waals surface area contributed by atoms with Gasteiger partial charge in [-0.3, -0.25) is 19.3 Å². The molecule has 1 aliphatic heterocycles. The molecule has 3 amide bonds. The molecule has 0 atom stereocenters. The number of carbonyl (C=O) groups excluding carboxylic acids is 3. The number of ether oxygens (including phenoxy) is 2. The number of thioether (sulfide) groups is 1. The molecular weight excluding hydrogens is 601 g/mol. The second kappa shape index (κ2) is 12.6. The molecule has 1 aliphatic rings. The highest BCUT2D eigenvalue weighted by Gasteiger charge is 2.40. The normalized spacial score (nSPS) is 13.0. The van der Waals surface area contributed by atoms with Crippen molar-refractivity contribution in [2.24, 2.45) is 0 Å². The minimum Gasteiger partial charge on any atom is -0.497 e. The number of nitrogens with zero attached hydrogens (tertiary/aromatic N) is 1. The van der Waals surface area contributed by atoms with Gasteiger partial charge >= 0.3 is 0 Å². The van der Waals surface area contributed by atoms with Gasteiger partial charge in [0.15, 0.2) is 0 Å². The lowest BCUT2D eigenvalue weighted by atomic mass is 10.2. The molecule has 1 aromatic heterocycles. The van der Waals surface area contributed by atoms with Crippen molar-refractivity contribution < 1.29 is 28.3 Å². The van der Waals surface area contributed by atoms with Gasteiger partial charge in [-0.15, -0.1) is 0 Å². The van der Waals surface area contributed by atoms with E-state index < -0.39 is 17.7 Å². The Balaban J connectivity index is 1.45. The molecule has 42 heavy (non-hydrogen) atoms. The predicted octanol–water partition coefficient (Wildman–Crippen LogP) is 6.84. The van der Waals surface area contributed by atoms with Gasteiger partial charge in [-0.1, -0.05) is 41.0 Å². The lowest BCUT2D eigenvalue weighted by Crippen LogP contribution is -2.31. The van der Waals surface area contributed by atoms with Crippen molar-refractivity contribution in [3.05, 3.63) is 111 Å². The first kappa shape index (κ1) is 29.1. The third-order valence-electron chi connectivity index (χ3n) is 6.18. The monoisotopic (exact) mass is 623 g/mol. The molecule has 214 valence electrons. The van der Waals surface area contributed by atoms with Gasteiger partial charge in [0.2, 0.25) is 0 Å². The van der Waals surface area contributed by atoms with E-state index in [4.69, 9.17) is 37.1 Å². The van der Waals surface area contributed by atoms with Crippen LogP contribution in [0.3, 0.4) is 0 Å². The smallest absolute Gasteiger partial charge is 0.278 e. The first-order valence-electron chi connectivity index (χ1n) is 12.4. The molecule has 0 saturated heterocycles. The molecule has 2 N–H and O–H groups in total. The molecule has 0 saturated carbocycles. The van der Waals surface area contributed by atoms with Crippen molar-refractivity contribution in [2.45, 2.75) is 11.4 Å². The van der Waals surface area contributed by atoms with Crippen LogP contribution in [0.5, 0.6) is 11.5 Å². The topological polar surface area (TPSA) is 110 Å². The number of hydrogen-bond acceptors (Lipinski definition) is 8. The van der Waals surface area contributed by atoms with E-state index in [2.05, 4.69) is 10.6 Å². The molecule has 5 rings (SSSR count). The summed E-state index contributed by atoms with van der Waals surface area (Å²) in [4.78, 5) is 41.9. The van der Waals surface area contributed by atoms with E-state index in [0.29, 0.717) is 38.6 Å². The molecular formula is C30H23Cl2N3O6S. The van der Waals surface area contributed by atoms with Crippen LogP contribution in [0.1, 0.15) is 16.1 Å². The first-order valence-corrected chi connectivity index (χ1v) is 14.0. The summed E-state index contributed by atoms with van der Waals surface area (Å²) >= 11 is 13.2. The molecule has 0 radical (unpaired) electrons. The number of halogens is 2. The highest BCUT2D eigenvalue weighted by Crippen LogP contribution is 2.39. The summed E-state index contributed by atoms with van der Waals surface area (Å²) in [6.45, 7) is -0.0440. The zero-order valence-electron chi connectivity index (χ0n) is 22.3. The maximum atomic E-state index is 13.6. The van der Waals surface area contributed by atoms with Crippen LogP contribution < -0.4 is 20.1 Å². The van der Waals surface area contributed by atoms with Gasteiger partial charge in [0.1, 0.15) is 27.9 Å². The van der Waals surface area contributed by atoms with Crippen molar-refractivity contribution in [1.82, 2.24) is 4.90 Å². The molecule has 0 bridgehead atoms. The Labute approximate surface area is 255 Å². The van der Waals surface area contributed by atoms with Crippen molar-refractivity contribution in [3.63, 3.8) is 0 Å². The Morgan fingerprint density at radius 1 is 0.952 bits per heavy atom. The van der Waals surface area contributed by atoms with E-state index in [9.17, 15) is 14.4 Å². The number of carbonyl (C=O) groups is 3. The molecule has 3 aromatic carbocycles. The van der Waals surface area contributed by atoms with E-state index in [1.165, 1.54) is 32.6 Å². The maximum Gasteiger partial charge on any atom is 0.278 e. The lowest BCUT2D eigenvalue weighted by Gasteiger charge is -2.15. The summed E-state index contributed by atoms with van der Waals surface area (Å²) in [5, 5.41) is 6.52. The summed E-state index contributed by atoms with van der Waals surface area (Å²) in [5.41, 5.74) is 1.26. The summed E-state index contributed by atoms with van der Waals surface area (Å²) < 4.78 is 16.1. The summed E-state index contributed by atoms with van der Waals surface area (Å²) in [5.74, 6) is -0.0227. The molecule has 2 heterocycles. The molecule has 4 aromatic rings. The first-order chi connectivity index (χ1) is 20.3. The number of benzene rings is 3. The second-order valence-electron chi connectivity index (χ2n) is 8.88. The van der Waals surface area contributed by atoms with Gasteiger partial charge in [-0.05, 0) is 60.7 Å². The van der Waals surface area contributed by atoms with Crippen molar-refractivity contribution in [3.8, 4) is 11.5 Å². The Morgan fingerprint density at radius 3 is 2.50 bits per heavy atom. The van der Waals surface area contributed by atoms with Crippen LogP contribution in [0.15, 0.2) is 99.0 Å². The Hall–Kier alpha value is -4.38. The molecule has 0 unspecified atom stereocenters. The fraction of sp³-hybridized carbons (Fsp3) is 0.100. The number of rotatable bonds is 10. The van der Waals surface area contributed by atoms with E-state index in [1.54, 1.807) is 60.7 Å². The summed E-state index contributed by atoms with van der Waals surface area (Å²) in [6, 6.07) is 19.9. The average molecular weight is 625 g/mol. The highest BCUT2D eigenvalue weighted by molar-refractivity contribution is 8.04. The minimum absolute atomic E-state index is 0.0440. The number of hydrogen-bond donors (Lipinski definition) is 2. The highest BCUT2D eigenvalue weighted by atomic mass is 35.5. The number of methoxy groups -OCH3 is 2. The SMILES string of the molecule is COc1ccc(NC2=C(Sc3cccc(NC(=O)c4ccc(Cl)cc4Cl)c3)C(=O)N(Cc3ccco3)C2=O)c(OC)c1. The van der Waals surface area contributed by atoms with Gasteiger partial charge in [0.25, 0.3) is 17.7 Å². The standard InChI is InChI=1S/C30H23Cl2N3O6S/c1-39-19-9-11-24(25(15-19)40-2)34-26-27(30(38)35(29(26)37)16-20-6-4-12-41-20)42-21-7-3-5-18(14-21)33-28(36)22-10-8-17(31)13-23(22)32/h3-15,34H,16H2,1-2H3,(H,33,36). The van der Waals surface area contributed by atoms with Gasteiger partial charge in [-0.25, -0.2) is 0 Å². The van der Waals surface area contributed by atoms with Crippen LogP contribution in [0.25, 0.3) is 0 Å². The van der Waals surface area contributed by atoms with E-state index in [1.807, 2.05) is 0 Å². The Kier molecular flexibility index (Phi) is 8.77. The number of anilines is 2. The van der Waals surface area contributed by atoms with Crippen LogP contribution in [-0.2, 0) is 16.1 Å². The van der Waals surface area contributed by atoms with Crippen molar-refractivity contribution in [1.29, 1.82) is 0 Å². The quantitative estimate of drug-likeness (QED) is 0.185. The molecule has 0 aliphatic carbocycles. The van der Waals surface area contributed by atoms with E-state index >= 15 is 0 Å². The third-order valence-corrected chi connectivity index (χ3v) is 7.80. The Morgan fingerprint density at radius 2 is 1.79 bits per heavy atom. The van der Waals surface area contributed by atoms with Gasteiger partial charge < -0.3 is 24.5 Å². The van der Waals surface area contributed by atoms with Crippen molar-refractivity contribution in [2.75, 3.05) is 24.9 Å². The number of imide groups is 1. The molecule has 0 spiro atoms. The molecule has 9 nitrogen and oxygen atoms in total. The maximum absolute atomic E-state index is 13.6. The fourth-order valence-corrected chi connectivity index (χ4v) is 5.62. The zero-order chi connectivity index (χ0) is 29.8. The lowest BCUT2D eigenvalue weighted by molar-refractivity contribution is -0.138. The second-order valence-corrected chi connectivity index (χ2v) is 10.8. The molecule has 0 fully saturated rings. The average Bonchev–Trinajstić information content (AvgIpc) is 3.57. The van der Waals surface area contributed by atoms with E-state index in [-0.39, 0.29) is 27.7 Å². The van der Waals surface area contributed by atoms with Gasteiger partial charge in [-0.2, -0.15) is 0 Å². The van der Waals surface area contributed by atoms with E-state index in [0.717, 1.165) is 16.7 Å². The van der Waals surface area contributed by atoms with Crippen LogP contribution in [0, 0.1) is 0 Å².